The van der Waals surface area contributed by atoms with E-state index in [9.17, 15) is 30.0 Å². The lowest BCUT2D eigenvalue weighted by Crippen LogP contribution is -2.71. The minimum atomic E-state index is -2.88. The molecule has 10 nitrogen and oxygen atoms in total. The van der Waals surface area contributed by atoms with Crippen molar-refractivity contribution < 1.29 is 44.6 Å². The Morgan fingerprint density at radius 1 is 1.41 bits per heavy atom. The average molecular weight is 323 g/mol. The average Bonchev–Trinajstić information content (AvgIpc) is 2.48. The molecular formula is C12H21NO9. The van der Waals surface area contributed by atoms with Gasteiger partial charge in [0.05, 0.1) is 25.9 Å². The van der Waals surface area contributed by atoms with E-state index in [0.717, 1.165) is 14.0 Å². The van der Waals surface area contributed by atoms with E-state index in [1.165, 1.54) is 0 Å². The van der Waals surface area contributed by atoms with Crippen LogP contribution in [0.4, 0.5) is 0 Å². The van der Waals surface area contributed by atoms with Crippen LogP contribution in [0.15, 0.2) is 0 Å². The van der Waals surface area contributed by atoms with Gasteiger partial charge in [-0.05, 0) is 6.92 Å². The standard InChI is InChI=1S/C12H21NO9/c1-4(15)6-9(18)7(13)10(8(17)5(16)3-14)22-12(6,20)11(19)21-2/h5-10,14,16-18,20H,3,13H2,1-2H3/t5-,6?,7-,8-,9+,10-,12?/m1/s1. The third-order valence-corrected chi connectivity index (χ3v) is 3.69. The molecule has 0 radical (unpaired) electrons. The molecule has 1 fully saturated rings. The molecule has 1 saturated heterocycles. The maximum absolute atomic E-state index is 11.8. The van der Waals surface area contributed by atoms with Crippen molar-refractivity contribution in [3.8, 4) is 0 Å². The first-order valence-electron chi connectivity index (χ1n) is 6.51. The Morgan fingerprint density at radius 2 is 1.95 bits per heavy atom. The molecule has 0 saturated carbocycles. The molecule has 1 aliphatic heterocycles. The summed E-state index contributed by atoms with van der Waals surface area (Å²) in [5.41, 5.74) is 5.66. The normalized spacial score (nSPS) is 38.2. The lowest BCUT2D eigenvalue weighted by Gasteiger charge is -2.47. The van der Waals surface area contributed by atoms with Crippen molar-refractivity contribution >= 4 is 11.8 Å². The molecule has 0 bridgehead atoms. The first kappa shape index (κ1) is 18.9. The van der Waals surface area contributed by atoms with Crippen LogP contribution in [0.2, 0.25) is 0 Å². The zero-order valence-electron chi connectivity index (χ0n) is 12.1. The summed E-state index contributed by atoms with van der Waals surface area (Å²) in [5.74, 6) is -6.76. The van der Waals surface area contributed by atoms with Gasteiger partial charge in [0.25, 0.3) is 5.79 Å². The number of carbonyl (C=O) groups is 2. The summed E-state index contributed by atoms with van der Waals surface area (Å²) in [6.45, 7) is 0.161. The van der Waals surface area contributed by atoms with Crippen LogP contribution in [0.3, 0.4) is 0 Å². The van der Waals surface area contributed by atoms with Crippen LogP contribution in [-0.4, -0.2) is 87.2 Å². The largest absolute Gasteiger partial charge is 0.465 e. The Labute approximate surface area is 126 Å². The van der Waals surface area contributed by atoms with Crippen LogP contribution < -0.4 is 5.73 Å². The molecule has 1 aliphatic rings. The first-order chi connectivity index (χ1) is 10.1. The highest BCUT2D eigenvalue weighted by molar-refractivity contribution is 5.89. The van der Waals surface area contributed by atoms with E-state index in [1.54, 1.807) is 0 Å². The van der Waals surface area contributed by atoms with Crippen molar-refractivity contribution in [3.05, 3.63) is 0 Å². The van der Waals surface area contributed by atoms with Crippen LogP contribution >= 0.6 is 0 Å². The Balaban J connectivity index is 3.23. The molecule has 0 aliphatic carbocycles. The van der Waals surface area contributed by atoms with E-state index in [4.69, 9.17) is 15.6 Å². The maximum atomic E-state index is 11.8. The van der Waals surface area contributed by atoms with E-state index in [1.807, 2.05) is 0 Å². The molecular weight excluding hydrogens is 302 g/mol. The van der Waals surface area contributed by atoms with Gasteiger partial charge in [0, 0.05) is 0 Å². The second-order valence-electron chi connectivity index (χ2n) is 5.17. The summed E-state index contributed by atoms with van der Waals surface area (Å²) < 4.78 is 9.38. The van der Waals surface area contributed by atoms with Crippen LogP contribution in [0.5, 0.6) is 0 Å². The fourth-order valence-corrected chi connectivity index (χ4v) is 2.47. The van der Waals surface area contributed by atoms with Crippen molar-refractivity contribution in [3.63, 3.8) is 0 Å². The number of nitrogens with two attached hydrogens (primary N) is 1. The van der Waals surface area contributed by atoms with Gasteiger partial charge in [-0.15, -0.1) is 0 Å². The molecule has 0 aromatic heterocycles. The van der Waals surface area contributed by atoms with Gasteiger partial charge in [0.2, 0.25) is 0 Å². The minimum Gasteiger partial charge on any atom is -0.465 e. The first-order valence-corrected chi connectivity index (χ1v) is 6.51. The van der Waals surface area contributed by atoms with Gasteiger partial charge in [-0.25, -0.2) is 4.79 Å². The van der Waals surface area contributed by atoms with Gasteiger partial charge < -0.3 is 40.7 Å². The number of rotatable bonds is 5. The molecule has 0 aromatic carbocycles. The molecule has 22 heavy (non-hydrogen) atoms. The third kappa shape index (κ3) is 3.13. The molecule has 1 heterocycles. The highest BCUT2D eigenvalue weighted by atomic mass is 16.7. The Morgan fingerprint density at radius 3 is 2.36 bits per heavy atom. The molecule has 7 atom stereocenters. The number of hydrogen-bond donors (Lipinski definition) is 6. The van der Waals surface area contributed by atoms with Crippen LogP contribution in [0.1, 0.15) is 6.92 Å². The number of Topliss-reactive ketones (excluding diaryl/α,β-unsaturated/α-hetero) is 1. The summed E-state index contributed by atoms with van der Waals surface area (Å²) in [5, 5.41) is 48.6. The zero-order valence-corrected chi connectivity index (χ0v) is 12.1. The third-order valence-electron chi connectivity index (χ3n) is 3.69. The summed E-state index contributed by atoms with van der Waals surface area (Å²) in [7, 11) is 0.926. The van der Waals surface area contributed by atoms with E-state index >= 15 is 0 Å². The highest BCUT2D eigenvalue weighted by Gasteiger charge is 2.61. The number of esters is 1. The molecule has 7 N–H and O–H groups in total. The molecule has 128 valence electrons. The molecule has 0 aromatic rings. The summed E-state index contributed by atoms with van der Waals surface area (Å²) in [6.07, 6.45) is -6.89. The van der Waals surface area contributed by atoms with Crippen LogP contribution in [0, 0.1) is 5.92 Å². The second-order valence-corrected chi connectivity index (χ2v) is 5.17. The zero-order chi connectivity index (χ0) is 17.2. The number of carbonyl (C=O) groups excluding carboxylic acids is 2. The predicted molar refractivity (Wildman–Crippen MR) is 69.1 cm³/mol. The van der Waals surface area contributed by atoms with Crippen molar-refractivity contribution in [2.24, 2.45) is 11.7 Å². The smallest absolute Gasteiger partial charge is 0.367 e. The molecule has 1 rings (SSSR count). The number of aliphatic hydroxyl groups excluding tert-OH is 4. The molecule has 0 spiro atoms. The van der Waals surface area contributed by atoms with Crippen molar-refractivity contribution in [1.82, 2.24) is 0 Å². The Hall–Kier alpha value is -1.14. The topological polar surface area (TPSA) is 180 Å². The lowest BCUT2D eigenvalue weighted by molar-refractivity contribution is -0.312. The van der Waals surface area contributed by atoms with Gasteiger partial charge in [-0.3, -0.25) is 4.79 Å². The number of ether oxygens (including phenoxy) is 2. The number of ketones is 1. The van der Waals surface area contributed by atoms with Crippen molar-refractivity contribution in [1.29, 1.82) is 0 Å². The van der Waals surface area contributed by atoms with Crippen molar-refractivity contribution in [2.75, 3.05) is 13.7 Å². The Bertz CT molecular complexity index is 431. The van der Waals surface area contributed by atoms with E-state index in [2.05, 4.69) is 4.74 Å². The Kier molecular flexibility index (Phi) is 5.98. The van der Waals surface area contributed by atoms with Crippen LogP contribution in [-0.2, 0) is 19.1 Å². The summed E-state index contributed by atoms with van der Waals surface area (Å²) in [6, 6.07) is -1.41. The quantitative estimate of drug-likeness (QED) is 0.272. The van der Waals surface area contributed by atoms with Gasteiger partial charge in [-0.1, -0.05) is 0 Å². The van der Waals surface area contributed by atoms with Crippen LogP contribution in [0.25, 0.3) is 0 Å². The second kappa shape index (κ2) is 6.96. The number of aliphatic hydroxyl groups is 5. The molecule has 10 heteroatoms. The number of hydrogen-bond acceptors (Lipinski definition) is 10. The van der Waals surface area contributed by atoms with Gasteiger partial charge in [0.15, 0.2) is 0 Å². The molecule has 0 amide bonds. The molecule has 2 unspecified atom stereocenters. The lowest BCUT2D eigenvalue weighted by atomic mass is 9.79. The summed E-state index contributed by atoms with van der Waals surface area (Å²) in [4.78, 5) is 23.4. The maximum Gasteiger partial charge on any atom is 0.367 e. The SMILES string of the molecule is COC(=O)C1(O)O[C@@H]([C@H](O)[C@H](O)CO)[C@H](N)[C@@H](O)C1C(C)=O. The van der Waals surface area contributed by atoms with E-state index in [-0.39, 0.29) is 0 Å². The monoisotopic (exact) mass is 323 g/mol. The minimum absolute atomic E-state index is 0.786. The highest BCUT2D eigenvalue weighted by Crippen LogP contribution is 2.35. The van der Waals surface area contributed by atoms with E-state index in [0.29, 0.717) is 0 Å². The fraction of sp³-hybridized carbons (Fsp3) is 0.833. The summed E-state index contributed by atoms with van der Waals surface area (Å²) >= 11 is 0. The van der Waals surface area contributed by atoms with E-state index < -0.39 is 60.5 Å². The van der Waals surface area contributed by atoms with Gasteiger partial charge in [-0.2, -0.15) is 0 Å². The number of methoxy groups -OCH3 is 1. The van der Waals surface area contributed by atoms with Gasteiger partial charge in [0.1, 0.15) is 30.0 Å². The van der Waals surface area contributed by atoms with Crippen molar-refractivity contribution in [2.45, 2.75) is 43.2 Å². The predicted octanol–water partition coefficient (Wildman–Crippen LogP) is -4.15. The van der Waals surface area contributed by atoms with Gasteiger partial charge >= 0.3 is 5.97 Å². The fourth-order valence-electron chi connectivity index (χ4n) is 2.47.